The number of carbonyl (C=O) groups excluding carboxylic acids is 4. The minimum absolute atomic E-state index is 0.0760. The molecule has 270 valence electrons. The van der Waals surface area contributed by atoms with Crippen LogP contribution in [0.25, 0.3) is 6.08 Å². The Morgan fingerprint density at radius 1 is 0.792 bits per heavy atom. The maximum Gasteiger partial charge on any atom is 0.341 e. The number of nitrogens with one attached hydrogen (secondary N) is 3. The van der Waals surface area contributed by atoms with E-state index in [-0.39, 0.29) is 18.2 Å². The average Bonchev–Trinajstić information content (AvgIpc) is 3.49. The highest BCUT2D eigenvalue weighted by molar-refractivity contribution is 8.00. The van der Waals surface area contributed by atoms with Crippen LogP contribution in [-0.2, 0) is 27.2 Å². The number of esters is 1. The van der Waals surface area contributed by atoms with E-state index >= 15 is 0 Å². The van der Waals surface area contributed by atoms with Gasteiger partial charge < -0.3 is 20.7 Å². The van der Waals surface area contributed by atoms with Crippen LogP contribution in [0.1, 0.15) is 80.1 Å². The van der Waals surface area contributed by atoms with E-state index in [9.17, 15) is 19.2 Å². The molecule has 0 radical (unpaired) electrons. The van der Waals surface area contributed by atoms with Crippen molar-refractivity contribution in [2.45, 2.75) is 55.6 Å². The van der Waals surface area contributed by atoms with Crippen molar-refractivity contribution in [2.75, 3.05) is 17.2 Å². The number of hydrogen-bond acceptors (Lipinski definition) is 7. The van der Waals surface area contributed by atoms with E-state index in [2.05, 4.69) is 16.0 Å². The molecule has 1 heterocycles. The maximum absolute atomic E-state index is 14.2. The van der Waals surface area contributed by atoms with Gasteiger partial charge in [-0.05, 0) is 85.7 Å². The zero-order valence-electron chi connectivity index (χ0n) is 29.4. The summed E-state index contributed by atoms with van der Waals surface area (Å²) in [6.07, 6.45) is 7.56. The fourth-order valence-corrected chi connectivity index (χ4v) is 8.51. The Morgan fingerprint density at radius 2 is 1.47 bits per heavy atom. The van der Waals surface area contributed by atoms with Crippen molar-refractivity contribution < 1.29 is 23.9 Å². The van der Waals surface area contributed by atoms with E-state index < -0.39 is 23.0 Å². The third kappa shape index (κ3) is 9.91. The second-order valence-electron chi connectivity index (χ2n) is 12.5. The van der Waals surface area contributed by atoms with Gasteiger partial charge in [-0.25, -0.2) is 4.79 Å². The van der Waals surface area contributed by atoms with Crippen LogP contribution < -0.4 is 16.0 Å². The Labute approximate surface area is 318 Å². The lowest BCUT2D eigenvalue weighted by Crippen LogP contribution is -2.30. The van der Waals surface area contributed by atoms with E-state index in [0.717, 1.165) is 65.0 Å². The van der Waals surface area contributed by atoms with Gasteiger partial charge in [0, 0.05) is 21.0 Å². The molecule has 53 heavy (non-hydrogen) atoms. The number of fused-ring (bicyclic) bond motifs is 1. The molecule has 10 heteroatoms. The number of thiophene rings is 1. The predicted octanol–water partition coefficient (Wildman–Crippen LogP) is 9.47. The van der Waals surface area contributed by atoms with Gasteiger partial charge in [0.05, 0.1) is 12.2 Å². The third-order valence-electron chi connectivity index (χ3n) is 8.71. The number of carbonyl (C=O) groups is 4. The van der Waals surface area contributed by atoms with Crippen LogP contribution in [0, 0.1) is 0 Å². The van der Waals surface area contributed by atoms with Crippen molar-refractivity contribution in [1.29, 1.82) is 0 Å². The molecule has 0 spiro atoms. The molecule has 0 bridgehead atoms. The van der Waals surface area contributed by atoms with Crippen molar-refractivity contribution in [3.8, 4) is 0 Å². The summed E-state index contributed by atoms with van der Waals surface area (Å²) in [5, 5.41) is 8.67. The zero-order valence-corrected chi connectivity index (χ0v) is 31.1. The summed E-state index contributed by atoms with van der Waals surface area (Å²) in [6.45, 7) is 2.03. The third-order valence-corrected chi connectivity index (χ3v) is 11.2. The fraction of sp³-hybridized carbons (Fsp3) is 0.209. The molecule has 1 aliphatic rings. The van der Waals surface area contributed by atoms with E-state index in [0.29, 0.717) is 21.8 Å². The summed E-state index contributed by atoms with van der Waals surface area (Å²) in [7, 11) is 0. The molecule has 1 atom stereocenters. The molecule has 1 unspecified atom stereocenters. The summed E-state index contributed by atoms with van der Waals surface area (Å²) in [6, 6.07) is 34.7. The summed E-state index contributed by atoms with van der Waals surface area (Å²) < 4.78 is 5.48. The molecule has 6 rings (SSSR count). The molecule has 5 aromatic rings. The smallest absolute Gasteiger partial charge is 0.341 e. The maximum atomic E-state index is 14.2. The molecule has 3 N–H and O–H groups in total. The van der Waals surface area contributed by atoms with Crippen LogP contribution in [0.5, 0.6) is 0 Å². The lowest BCUT2D eigenvalue weighted by Gasteiger charge is -2.18. The Balaban J connectivity index is 1.25. The molecule has 1 aromatic heterocycles. The van der Waals surface area contributed by atoms with Crippen LogP contribution in [0.3, 0.4) is 0 Å². The number of thioether (sulfide) groups is 1. The van der Waals surface area contributed by atoms with Gasteiger partial charge >= 0.3 is 5.97 Å². The molecule has 0 saturated carbocycles. The van der Waals surface area contributed by atoms with Crippen LogP contribution in [0.2, 0.25) is 0 Å². The molecular weight excluding hydrogens is 703 g/mol. The number of amides is 3. The number of hydrogen-bond donors (Lipinski definition) is 3. The monoisotopic (exact) mass is 743 g/mol. The molecular formula is C43H41N3O5S2. The first-order valence-corrected chi connectivity index (χ1v) is 19.5. The topological polar surface area (TPSA) is 114 Å². The number of ether oxygens (including phenoxy) is 1. The van der Waals surface area contributed by atoms with E-state index in [1.807, 2.05) is 72.8 Å². The average molecular weight is 744 g/mol. The lowest BCUT2D eigenvalue weighted by atomic mass is 9.96. The number of rotatable bonds is 12. The number of aryl methyl sites for hydroxylation is 1. The van der Waals surface area contributed by atoms with Crippen LogP contribution in [0.15, 0.2) is 126 Å². The molecule has 3 amide bonds. The van der Waals surface area contributed by atoms with E-state index in [1.54, 1.807) is 55.5 Å². The van der Waals surface area contributed by atoms with Gasteiger partial charge in [0.1, 0.15) is 15.9 Å². The van der Waals surface area contributed by atoms with Gasteiger partial charge in [-0.3, -0.25) is 14.4 Å². The Hall–Kier alpha value is -5.45. The Morgan fingerprint density at radius 3 is 2.19 bits per heavy atom. The highest BCUT2D eigenvalue weighted by Crippen LogP contribution is 2.41. The van der Waals surface area contributed by atoms with Gasteiger partial charge in [-0.2, -0.15) is 0 Å². The summed E-state index contributed by atoms with van der Waals surface area (Å²) in [4.78, 5) is 56.2. The van der Waals surface area contributed by atoms with E-state index in [1.165, 1.54) is 23.1 Å². The van der Waals surface area contributed by atoms with Crippen molar-refractivity contribution in [3.05, 3.63) is 154 Å². The minimum Gasteiger partial charge on any atom is -0.462 e. The SMILES string of the molecule is CCOC(=O)c1c(NC(=O)C(Sc2cccc(NC(=O)/C(=C/c3ccccc3)NC(=O)c3ccccc3)c2)c2ccccc2)sc2c1CCCCCC2. The molecule has 8 nitrogen and oxygen atoms in total. The standard InChI is InChI=1S/C43H41N3O5S2/c1-2-51-43(50)37-34-25-14-3-4-15-26-36(34)53-42(37)46-41(49)38(30-19-10-6-11-20-30)52-33-24-16-23-32(28-33)44-40(48)35(27-29-17-8-5-9-18-29)45-39(47)31-21-12-7-13-22-31/h5-13,16-24,27-28,38H,2-4,14-15,25-26H2,1H3,(H,44,48)(H,45,47)(H,46,49)/b35-27-. The quantitative estimate of drug-likeness (QED) is 0.0667. The van der Waals surface area contributed by atoms with Crippen molar-refractivity contribution >= 4 is 63.6 Å². The van der Waals surface area contributed by atoms with Gasteiger partial charge in [-0.1, -0.05) is 97.8 Å². The number of benzene rings is 4. The molecule has 0 aliphatic heterocycles. The van der Waals surface area contributed by atoms with Gasteiger partial charge in [-0.15, -0.1) is 23.1 Å². The van der Waals surface area contributed by atoms with Gasteiger partial charge in [0.25, 0.3) is 11.8 Å². The van der Waals surface area contributed by atoms with Crippen LogP contribution in [-0.4, -0.2) is 30.3 Å². The van der Waals surface area contributed by atoms with Crippen LogP contribution in [0.4, 0.5) is 10.7 Å². The fourth-order valence-electron chi connectivity index (χ4n) is 6.14. The Kier molecular flexibility index (Phi) is 12.9. The second kappa shape index (κ2) is 18.3. The van der Waals surface area contributed by atoms with Crippen LogP contribution >= 0.6 is 23.1 Å². The normalized spacial score (nSPS) is 13.4. The van der Waals surface area contributed by atoms with Crippen molar-refractivity contribution in [2.24, 2.45) is 0 Å². The largest absolute Gasteiger partial charge is 0.462 e. The van der Waals surface area contributed by atoms with Gasteiger partial charge in [0.2, 0.25) is 5.91 Å². The highest BCUT2D eigenvalue weighted by Gasteiger charge is 2.29. The minimum atomic E-state index is -0.680. The van der Waals surface area contributed by atoms with Crippen molar-refractivity contribution in [1.82, 2.24) is 5.32 Å². The molecule has 4 aromatic carbocycles. The Bertz CT molecular complexity index is 2080. The lowest BCUT2D eigenvalue weighted by molar-refractivity contribution is -0.116. The highest BCUT2D eigenvalue weighted by atomic mass is 32.2. The van der Waals surface area contributed by atoms with Gasteiger partial charge in [0.15, 0.2) is 0 Å². The first kappa shape index (κ1) is 37.3. The summed E-state index contributed by atoms with van der Waals surface area (Å²) >= 11 is 2.81. The first-order valence-electron chi connectivity index (χ1n) is 17.8. The van der Waals surface area contributed by atoms with Crippen molar-refractivity contribution in [3.63, 3.8) is 0 Å². The molecule has 0 fully saturated rings. The molecule has 1 aliphatic carbocycles. The summed E-state index contributed by atoms with van der Waals surface area (Å²) in [5.41, 5.74) is 3.99. The number of anilines is 2. The second-order valence-corrected chi connectivity index (χ2v) is 14.8. The summed E-state index contributed by atoms with van der Waals surface area (Å²) in [5.74, 6) is -1.59. The first-order chi connectivity index (χ1) is 25.9. The zero-order chi connectivity index (χ0) is 37.0. The molecule has 0 saturated heterocycles. The predicted molar refractivity (Wildman–Crippen MR) is 213 cm³/mol. The van der Waals surface area contributed by atoms with E-state index in [4.69, 9.17) is 4.74 Å².